The second kappa shape index (κ2) is 9.15. The molecule has 34 heavy (non-hydrogen) atoms. The Morgan fingerprint density at radius 1 is 0.647 bits per heavy atom. The summed E-state index contributed by atoms with van der Waals surface area (Å²) in [6, 6.07) is 20.3. The first-order chi connectivity index (χ1) is 16.4. The Labute approximate surface area is 202 Å². The Bertz CT molecular complexity index is 1390. The fourth-order valence-electron chi connectivity index (χ4n) is 3.47. The number of H-pyrrole nitrogens is 1. The van der Waals surface area contributed by atoms with Crippen LogP contribution in [-0.4, -0.2) is 24.9 Å². The lowest BCUT2D eigenvalue weighted by molar-refractivity contribution is 0.913. The molecule has 0 unspecified atom stereocenters. The molecular weight excluding hydrogens is 442 g/mol. The van der Waals surface area contributed by atoms with Gasteiger partial charge in [0.2, 0.25) is 17.1 Å². The van der Waals surface area contributed by atoms with Crippen molar-refractivity contribution in [3.05, 3.63) is 82.9 Å². The molecule has 0 spiro atoms. The summed E-state index contributed by atoms with van der Waals surface area (Å²) in [4.78, 5) is 21.9. The number of hydrogen-bond acceptors (Lipinski definition) is 7. The van der Waals surface area contributed by atoms with E-state index >= 15 is 0 Å². The summed E-state index contributed by atoms with van der Waals surface area (Å²) < 4.78 is 0. The smallest absolute Gasteiger partial charge is 0.233 e. The van der Waals surface area contributed by atoms with Gasteiger partial charge < -0.3 is 15.6 Å². The number of para-hydroxylation sites is 2. The summed E-state index contributed by atoms with van der Waals surface area (Å²) in [7, 11) is 0. The highest BCUT2D eigenvalue weighted by molar-refractivity contribution is 7.99. The lowest BCUT2D eigenvalue weighted by Gasteiger charge is -2.11. The molecular formula is C26H25N7S. The van der Waals surface area contributed by atoms with Crippen LogP contribution in [0.4, 0.5) is 23.3 Å². The van der Waals surface area contributed by atoms with Crippen LogP contribution in [0.3, 0.4) is 0 Å². The quantitative estimate of drug-likeness (QED) is 0.258. The standard InChI is InChI=1S/C26H25N7S/c1-15-9-11-19(13-17(15)3)27-23-31-24(28-20-12-10-16(2)18(4)14-20)33-26(32-23)34-25-29-21-7-5-6-8-22(21)30-25/h5-14H,1-4H3,(H,29,30)(H2,27,28,31,32,33). The van der Waals surface area contributed by atoms with Crippen molar-refractivity contribution in [2.24, 2.45) is 0 Å². The van der Waals surface area contributed by atoms with E-state index < -0.39 is 0 Å². The van der Waals surface area contributed by atoms with Gasteiger partial charge in [0.1, 0.15) is 0 Å². The Balaban J connectivity index is 1.49. The van der Waals surface area contributed by atoms with Crippen LogP contribution in [0.15, 0.2) is 71.0 Å². The van der Waals surface area contributed by atoms with Crippen molar-refractivity contribution in [3.63, 3.8) is 0 Å². The van der Waals surface area contributed by atoms with E-state index in [1.807, 2.05) is 36.4 Å². The molecule has 0 saturated carbocycles. The van der Waals surface area contributed by atoms with Crippen molar-refractivity contribution < 1.29 is 0 Å². The van der Waals surface area contributed by atoms with E-state index in [0.29, 0.717) is 17.1 Å². The van der Waals surface area contributed by atoms with E-state index in [9.17, 15) is 0 Å². The number of aromatic nitrogens is 5. The maximum atomic E-state index is 4.65. The molecule has 7 nitrogen and oxygen atoms in total. The summed E-state index contributed by atoms with van der Waals surface area (Å²) in [5.74, 6) is 0.923. The number of benzene rings is 3. The minimum Gasteiger partial charge on any atom is -0.333 e. The third kappa shape index (κ3) is 4.87. The van der Waals surface area contributed by atoms with Crippen molar-refractivity contribution in [3.8, 4) is 0 Å². The van der Waals surface area contributed by atoms with E-state index in [-0.39, 0.29) is 0 Å². The number of anilines is 4. The Kier molecular flexibility index (Phi) is 5.90. The molecule has 5 rings (SSSR count). The third-order valence-electron chi connectivity index (χ3n) is 5.70. The molecule has 0 bridgehead atoms. The molecule has 2 heterocycles. The van der Waals surface area contributed by atoms with Gasteiger partial charge in [-0.15, -0.1) is 0 Å². The monoisotopic (exact) mass is 467 g/mol. The lowest BCUT2D eigenvalue weighted by atomic mass is 10.1. The van der Waals surface area contributed by atoms with Crippen molar-refractivity contribution in [2.45, 2.75) is 38.0 Å². The van der Waals surface area contributed by atoms with Crippen LogP contribution in [0.2, 0.25) is 0 Å². The molecule has 0 fully saturated rings. The molecule has 3 aromatic carbocycles. The fraction of sp³-hybridized carbons (Fsp3) is 0.154. The summed E-state index contributed by atoms with van der Waals surface area (Å²) >= 11 is 1.37. The number of nitrogens with zero attached hydrogens (tertiary/aromatic N) is 4. The minimum absolute atomic E-state index is 0.461. The molecule has 0 amide bonds. The van der Waals surface area contributed by atoms with Gasteiger partial charge in [-0.05, 0) is 98.1 Å². The molecule has 8 heteroatoms. The van der Waals surface area contributed by atoms with Gasteiger partial charge in [0.05, 0.1) is 11.0 Å². The normalized spacial score (nSPS) is 11.1. The number of imidazole rings is 1. The number of aromatic amines is 1. The van der Waals surface area contributed by atoms with E-state index in [2.05, 4.69) is 87.5 Å². The lowest BCUT2D eigenvalue weighted by Crippen LogP contribution is -2.05. The highest BCUT2D eigenvalue weighted by Crippen LogP contribution is 2.28. The predicted molar refractivity (Wildman–Crippen MR) is 138 cm³/mol. The maximum absolute atomic E-state index is 4.65. The second-order valence-electron chi connectivity index (χ2n) is 8.27. The molecule has 0 aliphatic carbocycles. The first kappa shape index (κ1) is 21.9. The first-order valence-corrected chi connectivity index (χ1v) is 11.8. The Hall–Kier alpha value is -3.91. The van der Waals surface area contributed by atoms with Gasteiger partial charge in [0, 0.05) is 11.4 Å². The zero-order valence-electron chi connectivity index (χ0n) is 19.5. The average Bonchev–Trinajstić information content (AvgIpc) is 3.21. The molecule has 0 atom stereocenters. The number of hydrogen-bond donors (Lipinski definition) is 3. The molecule has 0 saturated heterocycles. The van der Waals surface area contributed by atoms with E-state index in [4.69, 9.17) is 0 Å². The molecule has 2 aromatic heterocycles. The van der Waals surface area contributed by atoms with Crippen molar-refractivity contribution in [2.75, 3.05) is 10.6 Å². The van der Waals surface area contributed by atoms with Crippen LogP contribution >= 0.6 is 11.8 Å². The number of rotatable bonds is 6. The molecule has 3 N–H and O–H groups in total. The van der Waals surface area contributed by atoms with Crippen LogP contribution < -0.4 is 10.6 Å². The van der Waals surface area contributed by atoms with Gasteiger partial charge in [0.15, 0.2) is 5.16 Å². The summed E-state index contributed by atoms with van der Waals surface area (Å²) in [6.45, 7) is 8.36. The van der Waals surface area contributed by atoms with Gasteiger partial charge >= 0.3 is 0 Å². The molecule has 0 radical (unpaired) electrons. The second-order valence-corrected chi connectivity index (χ2v) is 9.23. The number of aryl methyl sites for hydroxylation is 4. The Morgan fingerprint density at radius 3 is 1.79 bits per heavy atom. The van der Waals surface area contributed by atoms with Gasteiger partial charge in [-0.2, -0.15) is 15.0 Å². The minimum atomic E-state index is 0.461. The molecule has 170 valence electrons. The van der Waals surface area contributed by atoms with E-state index in [1.54, 1.807) is 0 Å². The highest BCUT2D eigenvalue weighted by atomic mass is 32.2. The van der Waals surface area contributed by atoms with Gasteiger partial charge in [-0.3, -0.25) is 0 Å². The summed E-state index contributed by atoms with van der Waals surface area (Å²) in [5, 5.41) is 7.91. The molecule has 5 aromatic rings. The van der Waals surface area contributed by atoms with Crippen molar-refractivity contribution in [1.29, 1.82) is 0 Å². The zero-order chi connectivity index (χ0) is 23.7. The van der Waals surface area contributed by atoms with Gasteiger partial charge in [0.25, 0.3) is 0 Å². The van der Waals surface area contributed by atoms with Gasteiger partial charge in [-0.1, -0.05) is 24.3 Å². The van der Waals surface area contributed by atoms with Crippen LogP contribution in [0.5, 0.6) is 0 Å². The Morgan fingerprint density at radius 2 is 1.24 bits per heavy atom. The number of fused-ring (bicyclic) bond motifs is 1. The average molecular weight is 468 g/mol. The fourth-order valence-corrected chi connectivity index (χ4v) is 4.22. The van der Waals surface area contributed by atoms with Crippen LogP contribution in [0.1, 0.15) is 22.3 Å². The van der Waals surface area contributed by atoms with Crippen LogP contribution in [0.25, 0.3) is 11.0 Å². The predicted octanol–water partition coefficient (Wildman–Crippen LogP) is 6.62. The van der Waals surface area contributed by atoms with E-state index in [1.165, 1.54) is 34.0 Å². The van der Waals surface area contributed by atoms with Crippen molar-refractivity contribution >= 4 is 46.1 Å². The van der Waals surface area contributed by atoms with Crippen LogP contribution in [-0.2, 0) is 0 Å². The van der Waals surface area contributed by atoms with Crippen molar-refractivity contribution in [1.82, 2.24) is 24.9 Å². The highest BCUT2D eigenvalue weighted by Gasteiger charge is 2.12. The zero-order valence-corrected chi connectivity index (χ0v) is 20.3. The third-order valence-corrected chi connectivity index (χ3v) is 6.45. The van der Waals surface area contributed by atoms with E-state index in [0.717, 1.165) is 27.6 Å². The molecule has 0 aliphatic rings. The van der Waals surface area contributed by atoms with Gasteiger partial charge in [-0.25, -0.2) is 4.98 Å². The largest absolute Gasteiger partial charge is 0.333 e. The summed E-state index contributed by atoms with van der Waals surface area (Å²) in [6.07, 6.45) is 0. The molecule has 0 aliphatic heterocycles. The number of nitrogens with one attached hydrogen (secondary N) is 3. The maximum Gasteiger partial charge on any atom is 0.233 e. The first-order valence-electron chi connectivity index (χ1n) is 11.0. The van der Waals surface area contributed by atoms with Crippen LogP contribution in [0, 0.1) is 27.7 Å². The summed E-state index contributed by atoms with van der Waals surface area (Å²) in [5.41, 5.74) is 8.59. The SMILES string of the molecule is Cc1ccc(Nc2nc(Nc3ccc(C)c(C)c3)nc(Sc3nc4ccccc4[nH]3)n2)cc1C. The topological polar surface area (TPSA) is 91.4 Å².